The van der Waals surface area contributed by atoms with Crippen LogP contribution in [0, 0.1) is 5.41 Å². The predicted molar refractivity (Wildman–Crippen MR) is 73.6 cm³/mol. The van der Waals surface area contributed by atoms with Crippen LogP contribution >= 0.6 is 0 Å². The van der Waals surface area contributed by atoms with Crippen LogP contribution < -0.4 is 10.5 Å². The second kappa shape index (κ2) is 4.85. The van der Waals surface area contributed by atoms with Crippen molar-refractivity contribution in [1.82, 2.24) is 0 Å². The molecule has 0 amide bonds. The molecule has 2 fully saturated rings. The highest BCUT2D eigenvalue weighted by atomic mass is 16.5. The van der Waals surface area contributed by atoms with Gasteiger partial charge in [-0.25, -0.2) is 0 Å². The molecule has 0 radical (unpaired) electrons. The molecule has 1 heterocycles. The lowest BCUT2D eigenvalue weighted by Gasteiger charge is -2.47. The van der Waals surface area contributed by atoms with Gasteiger partial charge in [-0.1, -0.05) is 12.1 Å². The van der Waals surface area contributed by atoms with Crippen LogP contribution in [-0.4, -0.2) is 24.1 Å². The molecule has 102 valence electrons. The first-order valence-electron chi connectivity index (χ1n) is 6.93. The van der Waals surface area contributed by atoms with E-state index in [0.717, 1.165) is 38.0 Å². The Hall–Kier alpha value is -1.55. The van der Waals surface area contributed by atoms with Gasteiger partial charge in [0, 0.05) is 12.8 Å². The van der Waals surface area contributed by atoms with E-state index in [4.69, 9.17) is 20.6 Å². The number of hydrogen-bond donors (Lipinski definition) is 2. The van der Waals surface area contributed by atoms with E-state index in [-0.39, 0.29) is 17.5 Å². The molecule has 4 heteroatoms. The lowest BCUT2D eigenvalue weighted by molar-refractivity contribution is -0.153. The third kappa shape index (κ3) is 2.45. The molecule has 4 nitrogen and oxygen atoms in total. The fourth-order valence-corrected chi connectivity index (χ4v) is 2.97. The Labute approximate surface area is 113 Å². The van der Waals surface area contributed by atoms with Crippen molar-refractivity contribution >= 4 is 5.84 Å². The first-order valence-corrected chi connectivity index (χ1v) is 6.93. The van der Waals surface area contributed by atoms with E-state index in [2.05, 4.69) is 0 Å². The average Bonchev–Trinajstić information content (AvgIpc) is 2.37. The molecule has 19 heavy (non-hydrogen) atoms. The van der Waals surface area contributed by atoms with Crippen molar-refractivity contribution in [3.8, 4) is 5.75 Å². The van der Waals surface area contributed by atoms with Crippen molar-refractivity contribution in [2.24, 2.45) is 5.73 Å². The first kappa shape index (κ1) is 12.5. The lowest BCUT2D eigenvalue weighted by atomic mass is 9.74. The number of benzene rings is 1. The summed E-state index contributed by atoms with van der Waals surface area (Å²) in [6, 6.07) is 7.51. The Morgan fingerprint density at radius 1 is 1.37 bits per heavy atom. The molecule has 1 unspecified atom stereocenters. The highest BCUT2D eigenvalue weighted by Gasteiger charge is 2.43. The maximum absolute atomic E-state index is 7.59. The van der Waals surface area contributed by atoms with E-state index in [1.54, 1.807) is 0 Å². The second-order valence-electron chi connectivity index (χ2n) is 5.53. The lowest BCUT2D eigenvalue weighted by Crippen LogP contribution is -2.48. The Kier molecular flexibility index (Phi) is 3.19. The van der Waals surface area contributed by atoms with Crippen molar-refractivity contribution in [2.45, 2.75) is 43.8 Å². The summed E-state index contributed by atoms with van der Waals surface area (Å²) in [5, 5.41) is 7.59. The summed E-state index contributed by atoms with van der Waals surface area (Å²) in [6.07, 6.45) is 5.61. The highest BCUT2D eigenvalue weighted by molar-refractivity contribution is 5.97. The third-order valence-corrected chi connectivity index (χ3v) is 4.18. The molecule has 1 aliphatic heterocycles. The van der Waals surface area contributed by atoms with Gasteiger partial charge >= 0.3 is 0 Å². The highest BCUT2D eigenvalue weighted by Crippen LogP contribution is 2.43. The molecule has 3 rings (SSSR count). The van der Waals surface area contributed by atoms with E-state index in [9.17, 15) is 0 Å². The van der Waals surface area contributed by atoms with Crippen LogP contribution in [0.5, 0.6) is 5.75 Å². The van der Waals surface area contributed by atoms with Crippen LogP contribution in [0.1, 0.15) is 37.7 Å². The summed E-state index contributed by atoms with van der Waals surface area (Å²) in [5.74, 6) is 0.775. The van der Waals surface area contributed by atoms with Crippen molar-refractivity contribution in [2.75, 3.05) is 6.61 Å². The fourth-order valence-electron chi connectivity index (χ4n) is 2.97. The van der Waals surface area contributed by atoms with Crippen molar-refractivity contribution in [3.63, 3.8) is 0 Å². The number of nitrogens with one attached hydrogen (secondary N) is 1. The molecule has 0 aromatic heterocycles. The minimum absolute atomic E-state index is 0.0565. The zero-order chi connectivity index (χ0) is 13.3. The van der Waals surface area contributed by atoms with Crippen molar-refractivity contribution in [1.29, 1.82) is 5.41 Å². The van der Waals surface area contributed by atoms with Gasteiger partial charge in [0.25, 0.3) is 0 Å². The summed E-state index contributed by atoms with van der Waals surface area (Å²) in [5.41, 5.74) is 6.34. The van der Waals surface area contributed by atoms with Crippen LogP contribution in [0.4, 0.5) is 0 Å². The van der Waals surface area contributed by atoms with Gasteiger partial charge in [0.15, 0.2) is 0 Å². The zero-order valence-corrected chi connectivity index (χ0v) is 11.0. The number of rotatable bonds is 3. The van der Waals surface area contributed by atoms with E-state index in [1.165, 1.54) is 6.42 Å². The molecule has 1 atom stereocenters. The van der Waals surface area contributed by atoms with E-state index < -0.39 is 0 Å². The molecular weight excluding hydrogens is 240 g/mol. The minimum Gasteiger partial charge on any atom is -0.489 e. The van der Waals surface area contributed by atoms with E-state index in [1.807, 2.05) is 24.3 Å². The number of nitrogens with two attached hydrogens (primary N) is 1. The predicted octanol–water partition coefficient (Wildman–Crippen LogP) is 2.45. The van der Waals surface area contributed by atoms with Gasteiger partial charge in [-0.3, -0.25) is 5.41 Å². The molecule has 1 aromatic carbocycles. The first-order chi connectivity index (χ1) is 9.19. The maximum atomic E-state index is 7.59. The Morgan fingerprint density at radius 2 is 2.16 bits per heavy atom. The van der Waals surface area contributed by atoms with Gasteiger partial charge in [-0.2, -0.15) is 0 Å². The summed E-state index contributed by atoms with van der Waals surface area (Å²) in [4.78, 5) is 0. The normalized spacial score (nSPS) is 24.7. The third-order valence-electron chi connectivity index (χ3n) is 4.18. The van der Waals surface area contributed by atoms with Crippen LogP contribution in [0.2, 0.25) is 0 Å². The molecule has 0 bridgehead atoms. The van der Waals surface area contributed by atoms with E-state index >= 15 is 0 Å². The van der Waals surface area contributed by atoms with Gasteiger partial charge in [-0.15, -0.1) is 0 Å². The molecule has 1 spiro atoms. The monoisotopic (exact) mass is 260 g/mol. The SMILES string of the molecule is N=C(N)c1ccccc1OC1CCOC2(CCC2)C1. The quantitative estimate of drug-likeness (QED) is 0.648. The van der Waals surface area contributed by atoms with Gasteiger partial charge in [0.2, 0.25) is 0 Å². The molecule has 1 aromatic rings. The van der Waals surface area contributed by atoms with Crippen LogP contribution in [0.25, 0.3) is 0 Å². The van der Waals surface area contributed by atoms with Crippen molar-refractivity contribution in [3.05, 3.63) is 29.8 Å². The summed E-state index contributed by atoms with van der Waals surface area (Å²) < 4.78 is 12.0. The molecule has 1 saturated heterocycles. The number of hydrogen-bond acceptors (Lipinski definition) is 3. The molecule has 1 saturated carbocycles. The number of ether oxygens (including phenoxy) is 2. The Bertz CT molecular complexity index is 483. The smallest absolute Gasteiger partial charge is 0.130 e. The van der Waals surface area contributed by atoms with Gasteiger partial charge in [0.1, 0.15) is 17.7 Å². The number of nitrogen functional groups attached to an aromatic ring is 1. The number of amidine groups is 1. The van der Waals surface area contributed by atoms with Gasteiger partial charge in [-0.05, 0) is 31.4 Å². The average molecular weight is 260 g/mol. The Balaban J connectivity index is 1.72. The number of para-hydroxylation sites is 1. The maximum Gasteiger partial charge on any atom is 0.130 e. The minimum atomic E-state index is 0.0565. The van der Waals surface area contributed by atoms with Crippen molar-refractivity contribution < 1.29 is 9.47 Å². The fraction of sp³-hybridized carbons (Fsp3) is 0.533. The topological polar surface area (TPSA) is 68.3 Å². The van der Waals surface area contributed by atoms with E-state index in [0.29, 0.717) is 5.56 Å². The molecule has 1 aliphatic carbocycles. The summed E-state index contributed by atoms with van der Waals surface area (Å²) >= 11 is 0. The Morgan fingerprint density at radius 3 is 2.84 bits per heavy atom. The zero-order valence-electron chi connectivity index (χ0n) is 11.0. The van der Waals surface area contributed by atoms with Crippen LogP contribution in [-0.2, 0) is 4.74 Å². The standard InChI is InChI=1S/C15H20N2O2/c16-14(17)12-4-1-2-5-13(12)19-11-6-9-18-15(10-11)7-3-8-15/h1-2,4-5,11H,3,6-10H2,(H3,16,17). The van der Waals surface area contributed by atoms with Crippen LogP contribution in [0.3, 0.4) is 0 Å². The summed E-state index contributed by atoms with van der Waals surface area (Å²) in [6.45, 7) is 0.771. The second-order valence-corrected chi connectivity index (χ2v) is 5.53. The molecular formula is C15H20N2O2. The molecule has 3 N–H and O–H groups in total. The van der Waals surface area contributed by atoms with Gasteiger partial charge < -0.3 is 15.2 Å². The van der Waals surface area contributed by atoms with Gasteiger partial charge in [0.05, 0.1) is 17.8 Å². The largest absolute Gasteiger partial charge is 0.489 e. The van der Waals surface area contributed by atoms with Crippen LogP contribution in [0.15, 0.2) is 24.3 Å². The summed E-state index contributed by atoms with van der Waals surface area (Å²) in [7, 11) is 0. The molecule has 2 aliphatic rings.